The van der Waals surface area contributed by atoms with E-state index in [1.54, 1.807) is 34.7 Å². The van der Waals surface area contributed by atoms with Gasteiger partial charge in [0.05, 0.1) is 11.4 Å². The number of nitrogens with zero attached hydrogens (tertiary/aromatic N) is 3. The Bertz CT molecular complexity index is 1180. The van der Waals surface area contributed by atoms with Crippen LogP contribution in [0.3, 0.4) is 0 Å². The number of benzene rings is 2. The molecule has 8 nitrogen and oxygen atoms in total. The summed E-state index contributed by atoms with van der Waals surface area (Å²) in [6.45, 7) is 1.16. The summed E-state index contributed by atoms with van der Waals surface area (Å²) in [4.78, 5) is 41.2. The Labute approximate surface area is 173 Å². The van der Waals surface area contributed by atoms with Crippen LogP contribution in [0, 0.1) is 0 Å². The van der Waals surface area contributed by atoms with E-state index in [1.165, 1.54) is 0 Å². The van der Waals surface area contributed by atoms with Crippen LogP contribution in [0.15, 0.2) is 51.7 Å². The van der Waals surface area contributed by atoms with Crippen LogP contribution in [0.25, 0.3) is 11.1 Å². The number of anilines is 2. The molecule has 1 aromatic heterocycles. The highest BCUT2D eigenvalue weighted by Gasteiger charge is 2.33. The van der Waals surface area contributed by atoms with Gasteiger partial charge >= 0.3 is 5.76 Å². The predicted molar refractivity (Wildman–Crippen MR) is 115 cm³/mol. The van der Waals surface area contributed by atoms with Crippen LogP contribution in [0.4, 0.5) is 11.4 Å². The van der Waals surface area contributed by atoms with E-state index < -0.39 is 11.7 Å². The van der Waals surface area contributed by atoms with Crippen molar-refractivity contribution in [3.05, 3.63) is 58.6 Å². The molecule has 0 bridgehead atoms. The second kappa shape index (κ2) is 7.79. The number of carbonyl (C=O) groups excluding carboxylic acids is 2. The fourth-order valence-corrected chi connectivity index (χ4v) is 3.76. The number of fused-ring (bicyclic) bond motifs is 2. The predicted octanol–water partition coefficient (Wildman–Crippen LogP) is 2.24. The normalized spacial score (nSPS) is 16.2. The Hall–Kier alpha value is -3.39. The SMILES string of the molecule is CN(C)CCn1c(=O)oc2ccc(NC(=O)C3CC(=O)N(C)c4ccccc43)cc21. The molecule has 8 heteroatoms. The summed E-state index contributed by atoms with van der Waals surface area (Å²) in [5.41, 5.74) is 3.22. The third-order valence-electron chi connectivity index (χ3n) is 5.45. The van der Waals surface area contributed by atoms with Crippen molar-refractivity contribution in [2.75, 3.05) is 37.9 Å². The molecule has 0 radical (unpaired) electrons. The molecule has 4 rings (SSSR count). The lowest BCUT2D eigenvalue weighted by Gasteiger charge is -2.30. The summed E-state index contributed by atoms with van der Waals surface area (Å²) in [5.74, 6) is -1.35. The topological polar surface area (TPSA) is 87.8 Å². The first kappa shape index (κ1) is 19.9. The average Bonchev–Trinajstić information content (AvgIpc) is 3.03. The van der Waals surface area contributed by atoms with Gasteiger partial charge in [-0.25, -0.2) is 4.79 Å². The van der Waals surface area contributed by atoms with Gasteiger partial charge in [-0.3, -0.25) is 14.2 Å². The molecular formula is C22H24N4O4. The van der Waals surface area contributed by atoms with E-state index in [0.29, 0.717) is 29.9 Å². The van der Waals surface area contributed by atoms with Crippen molar-refractivity contribution in [3.63, 3.8) is 0 Å². The van der Waals surface area contributed by atoms with Crippen molar-refractivity contribution in [3.8, 4) is 0 Å². The lowest BCUT2D eigenvalue weighted by atomic mass is 9.89. The lowest BCUT2D eigenvalue weighted by Crippen LogP contribution is -2.37. The monoisotopic (exact) mass is 408 g/mol. The maximum Gasteiger partial charge on any atom is 0.419 e. The zero-order chi connectivity index (χ0) is 21.4. The van der Waals surface area contributed by atoms with Crippen molar-refractivity contribution in [1.82, 2.24) is 9.47 Å². The second-order valence-electron chi connectivity index (χ2n) is 7.76. The van der Waals surface area contributed by atoms with Crippen molar-refractivity contribution in [2.24, 2.45) is 0 Å². The molecule has 0 saturated carbocycles. The summed E-state index contributed by atoms with van der Waals surface area (Å²) in [6, 6.07) is 12.5. The molecule has 0 saturated heterocycles. The first-order valence-corrected chi connectivity index (χ1v) is 9.79. The molecule has 156 valence electrons. The molecule has 1 aliphatic rings. The minimum Gasteiger partial charge on any atom is -0.408 e. The van der Waals surface area contributed by atoms with Crippen LogP contribution < -0.4 is 16.0 Å². The van der Waals surface area contributed by atoms with Gasteiger partial charge in [0, 0.05) is 37.9 Å². The van der Waals surface area contributed by atoms with Gasteiger partial charge in [0.25, 0.3) is 0 Å². The van der Waals surface area contributed by atoms with Crippen LogP contribution in [-0.4, -0.2) is 49.0 Å². The van der Waals surface area contributed by atoms with E-state index in [0.717, 1.165) is 11.3 Å². The second-order valence-corrected chi connectivity index (χ2v) is 7.76. The number of likely N-dealkylation sites (N-methyl/N-ethyl adjacent to an activating group) is 1. The molecule has 30 heavy (non-hydrogen) atoms. The Morgan fingerprint density at radius 1 is 1.20 bits per heavy atom. The Kier molecular flexibility index (Phi) is 5.17. The van der Waals surface area contributed by atoms with Crippen molar-refractivity contribution >= 4 is 34.3 Å². The minimum absolute atomic E-state index is 0.100. The third-order valence-corrected chi connectivity index (χ3v) is 5.45. The van der Waals surface area contributed by atoms with Crippen LogP contribution in [0.1, 0.15) is 17.9 Å². The maximum absolute atomic E-state index is 13.0. The summed E-state index contributed by atoms with van der Waals surface area (Å²) in [5, 5.41) is 2.90. The van der Waals surface area contributed by atoms with Crippen molar-refractivity contribution in [2.45, 2.75) is 18.9 Å². The van der Waals surface area contributed by atoms with E-state index >= 15 is 0 Å². The highest BCUT2D eigenvalue weighted by atomic mass is 16.4. The van der Waals surface area contributed by atoms with Gasteiger partial charge in [0.15, 0.2) is 5.58 Å². The Morgan fingerprint density at radius 2 is 1.97 bits per heavy atom. The van der Waals surface area contributed by atoms with Crippen molar-refractivity contribution in [1.29, 1.82) is 0 Å². The number of nitrogens with one attached hydrogen (secondary N) is 1. The van der Waals surface area contributed by atoms with E-state index in [-0.39, 0.29) is 18.2 Å². The number of aromatic nitrogens is 1. The quantitative estimate of drug-likeness (QED) is 0.700. The minimum atomic E-state index is -0.569. The Balaban J connectivity index is 1.62. The van der Waals surface area contributed by atoms with Crippen LogP contribution in [0.2, 0.25) is 0 Å². The molecule has 1 atom stereocenters. The van der Waals surface area contributed by atoms with Crippen molar-refractivity contribution < 1.29 is 14.0 Å². The molecule has 2 amide bonds. The molecule has 0 aliphatic carbocycles. The van der Waals surface area contributed by atoms with Gasteiger partial charge in [0.2, 0.25) is 11.8 Å². The summed E-state index contributed by atoms with van der Waals surface area (Å²) < 4.78 is 6.86. The van der Waals surface area contributed by atoms with Gasteiger partial charge in [0.1, 0.15) is 0 Å². The molecule has 2 heterocycles. The fourth-order valence-electron chi connectivity index (χ4n) is 3.76. The largest absolute Gasteiger partial charge is 0.419 e. The molecule has 0 fully saturated rings. The lowest BCUT2D eigenvalue weighted by molar-refractivity contribution is -0.124. The number of hydrogen-bond acceptors (Lipinski definition) is 5. The highest BCUT2D eigenvalue weighted by Crippen LogP contribution is 2.35. The molecule has 3 aromatic rings. The van der Waals surface area contributed by atoms with E-state index in [2.05, 4.69) is 5.32 Å². The molecular weight excluding hydrogens is 384 g/mol. The zero-order valence-corrected chi connectivity index (χ0v) is 17.2. The van der Waals surface area contributed by atoms with Gasteiger partial charge < -0.3 is 19.5 Å². The number of amides is 2. The molecule has 1 N–H and O–H groups in total. The third kappa shape index (κ3) is 3.61. The molecule has 0 spiro atoms. The number of rotatable bonds is 5. The van der Waals surface area contributed by atoms with Crippen LogP contribution in [0.5, 0.6) is 0 Å². The van der Waals surface area contributed by atoms with E-state index in [1.807, 2.05) is 43.3 Å². The average molecular weight is 408 g/mol. The van der Waals surface area contributed by atoms with E-state index in [4.69, 9.17) is 4.42 Å². The van der Waals surface area contributed by atoms with Crippen LogP contribution >= 0.6 is 0 Å². The first-order chi connectivity index (χ1) is 14.3. The van der Waals surface area contributed by atoms with E-state index in [9.17, 15) is 14.4 Å². The number of oxazole rings is 1. The Morgan fingerprint density at radius 3 is 2.73 bits per heavy atom. The van der Waals surface area contributed by atoms with Gasteiger partial charge in [-0.1, -0.05) is 18.2 Å². The number of hydrogen-bond donors (Lipinski definition) is 1. The fraction of sp³-hybridized carbons (Fsp3) is 0.318. The smallest absolute Gasteiger partial charge is 0.408 e. The van der Waals surface area contributed by atoms with Gasteiger partial charge in [-0.15, -0.1) is 0 Å². The van der Waals surface area contributed by atoms with Crippen LogP contribution in [-0.2, 0) is 16.1 Å². The number of carbonyl (C=O) groups is 2. The molecule has 2 aromatic carbocycles. The van der Waals surface area contributed by atoms with Gasteiger partial charge in [-0.05, 0) is 43.9 Å². The molecule has 1 aliphatic heterocycles. The van der Waals surface area contributed by atoms with Gasteiger partial charge in [-0.2, -0.15) is 0 Å². The zero-order valence-electron chi connectivity index (χ0n) is 17.2. The summed E-state index contributed by atoms with van der Waals surface area (Å²) in [7, 11) is 5.58. The number of para-hydroxylation sites is 1. The summed E-state index contributed by atoms with van der Waals surface area (Å²) >= 11 is 0. The summed E-state index contributed by atoms with van der Waals surface area (Å²) in [6.07, 6.45) is 0.112. The first-order valence-electron chi connectivity index (χ1n) is 9.79. The highest BCUT2D eigenvalue weighted by molar-refractivity contribution is 6.06. The molecule has 1 unspecified atom stereocenters. The maximum atomic E-state index is 13.0. The standard InChI is InChI=1S/C22H24N4O4/c1-24(2)10-11-26-18-12-14(8-9-19(18)30-22(26)29)23-21(28)16-13-20(27)25(3)17-7-5-4-6-15(16)17/h4-9,12,16H,10-11,13H2,1-3H3,(H,23,28).